The van der Waals surface area contributed by atoms with Crippen molar-refractivity contribution in [2.24, 2.45) is 5.73 Å². The fourth-order valence-corrected chi connectivity index (χ4v) is 2.22. The Balaban J connectivity index is 2.55. The van der Waals surface area contributed by atoms with Crippen LogP contribution in [0.5, 0.6) is 0 Å². The molecule has 0 spiro atoms. The van der Waals surface area contributed by atoms with Crippen LogP contribution in [0.1, 0.15) is 5.56 Å². The molecular formula is C14H12Cl2FN. The van der Waals surface area contributed by atoms with Gasteiger partial charge < -0.3 is 5.73 Å². The van der Waals surface area contributed by atoms with E-state index in [1.807, 2.05) is 0 Å². The molecule has 0 saturated carbocycles. The summed E-state index contributed by atoms with van der Waals surface area (Å²) in [4.78, 5) is 0. The molecule has 2 N–H and O–H groups in total. The van der Waals surface area contributed by atoms with Crippen LogP contribution in [-0.4, -0.2) is 6.54 Å². The van der Waals surface area contributed by atoms with Crippen molar-refractivity contribution in [3.63, 3.8) is 0 Å². The van der Waals surface area contributed by atoms with E-state index in [9.17, 15) is 4.39 Å². The van der Waals surface area contributed by atoms with E-state index < -0.39 is 0 Å². The molecule has 2 rings (SSSR count). The van der Waals surface area contributed by atoms with Gasteiger partial charge in [-0.2, -0.15) is 0 Å². The number of nitrogens with two attached hydrogens (primary N) is 1. The lowest BCUT2D eigenvalue weighted by atomic mass is 10.0. The van der Waals surface area contributed by atoms with E-state index in [0.717, 1.165) is 5.56 Å². The van der Waals surface area contributed by atoms with Gasteiger partial charge in [0.2, 0.25) is 0 Å². The predicted octanol–water partition coefficient (Wildman–Crippen LogP) is 4.30. The van der Waals surface area contributed by atoms with Gasteiger partial charge >= 0.3 is 0 Å². The van der Waals surface area contributed by atoms with Crippen molar-refractivity contribution in [2.75, 3.05) is 6.54 Å². The molecule has 0 saturated heterocycles. The molecule has 0 unspecified atom stereocenters. The second-order valence-electron chi connectivity index (χ2n) is 3.95. The quantitative estimate of drug-likeness (QED) is 0.893. The Bertz CT molecular complexity index is 570. The molecule has 0 amide bonds. The lowest BCUT2D eigenvalue weighted by molar-refractivity contribution is 0.630. The molecule has 0 aliphatic heterocycles. The third-order valence-electron chi connectivity index (χ3n) is 2.71. The van der Waals surface area contributed by atoms with Crippen LogP contribution in [0.3, 0.4) is 0 Å². The lowest BCUT2D eigenvalue weighted by Gasteiger charge is -2.09. The van der Waals surface area contributed by atoms with Gasteiger partial charge in [0.15, 0.2) is 0 Å². The average Bonchev–Trinajstić information content (AvgIpc) is 2.36. The first-order valence-corrected chi connectivity index (χ1v) is 6.32. The third-order valence-corrected chi connectivity index (χ3v) is 3.52. The second kappa shape index (κ2) is 5.70. The summed E-state index contributed by atoms with van der Waals surface area (Å²) < 4.78 is 13.9. The SMILES string of the molecule is NCCc1ccc(F)c(-c2cccc(Cl)c2Cl)c1. The minimum absolute atomic E-state index is 0.320. The molecule has 0 fully saturated rings. The van der Waals surface area contributed by atoms with E-state index in [1.165, 1.54) is 6.07 Å². The largest absolute Gasteiger partial charge is 0.330 e. The van der Waals surface area contributed by atoms with Gasteiger partial charge in [0.25, 0.3) is 0 Å². The van der Waals surface area contributed by atoms with E-state index in [-0.39, 0.29) is 5.82 Å². The first-order valence-electron chi connectivity index (χ1n) is 5.56. The number of hydrogen-bond acceptors (Lipinski definition) is 1. The standard InChI is InChI=1S/C14H12Cl2FN/c15-12-3-1-2-10(14(12)16)11-8-9(6-7-18)4-5-13(11)17/h1-5,8H,6-7,18H2. The molecule has 0 aliphatic rings. The Labute approximate surface area is 115 Å². The summed E-state index contributed by atoms with van der Waals surface area (Å²) in [5.41, 5.74) is 7.53. The topological polar surface area (TPSA) is 26.0 Å². The molecule has 0 aromatic heterocycles. The van der Waals surface area contributed by atoms with E-state index in [1.54, 1.807) is 30.3 Å². The highest BCUT2D eigenvalue weighted by molar-refractivity contribution is 6.43. The van der Waals surface area contributed by atoms with E-state index >= 15 is 0 Å². The summed E-state index contributed by atoms with van der Waals surface area (Å²) in [5, 5.41) is 0.778. The van der Waals surface area contributed by atoms with Crippen molar-refractivity contribution in [1.82, 2.24) is 0 Å². The summed E-state index contributed by atoms with van der Waals surface area (Å²) in [6, 6.07) is 10.1. The van der Waals surface area contributed by atoms with Gasteiger partial charge in [-0.1, -0.05) is 41.4 Å². The summed E-state index contributed by atoms with van der Waals surface area (Å²) in [5.74, 6) is -0.320. The smallest absolute Gasteiger partial charge is 0.131 e. The van der Waals surface area contributed by atoms with Crippen molar-refractivity contribution in [1.29, 1.82) is 0 Å². The van der Waals surface area contributed by atoms with Crippen molar-refractivity contribution < 1.29 is 4.39 Å². The van der Waals surface area contributed by atoms with Crippen LogP contribution in [-0.2, 0) is 6.42 Å². The maximum absolute atomic E-state index is 13.9. The number of hydrogen-bond donors (Lipinski definition) is 1. The first-order chi connectivity index (χ1) is 8.63. The van der Waals surface area contributed by atoms with Gasteiger partial charge in [-0.05, 0) is 36.7 Å². The molecule has 0 heterocycles. The third kappa shape index (κ3) is 2.66. The van der Waals surface area contributed by atoms with Crippen LogP contribution in [0, 0.1) is 5.82 Å². The monoisotopic (exact) mass is 283 g/mol. The Morgan fingerprint density at radius 2 is 1.83 bits per heavy atom. The zero-order valence-electron chi connectivity index (χ0n) is 9.59. The molecule has 2 aromatic rings. The lowest BCUT2D eigenvalue weighted by Crippen LogP contribution is -2.03. The molecule has 0 radical (unpaired) electrons. The molecule has 4 heteroatoms. The molecule has 0 aliphatic carbocycles. The van der Waals surface area contributed by atoms with Gasteiger partial charge in [-0.25, -0.2) is 4.39 Å². The van der Waals surface area contributed by atoms with Crippen LogP contribution in [0.4, 0.5) is 4.39 Å². The van der Waals surface area contributed by atoms with Gasteiger partial charge in [0.05, 0.1) is 10.0 Å². The van der Waals surface area contributed by atoms with Crippen LogP contribution in [0.2, 0.25) is 10.0 Å². The van der Waals surface area contributed by atoms with E-state index in [4.69, 9.17) is 28.9 Å². The zero-order chi connectivity index (χ0) is 13.1. The van der Waals surface area contributed by atoms with E-state index in [2.05, 4.69) is 0 Å². The van der Waals surface area contributed by atoms with Gasteiger partial charge in [-0.3, -0.25) is 0 Å². The Morgan fingerprint density at radius 1 is 1.06 bits per heavy atom. The maximum atomic E-state index is 13.9. The highest BCUT2D eigenvalue weighted by atomic mass is 35.5. The number of halogens is 3. The van der Waals surface area contributed by atoms with Crippen molar-refractivity contribution >= 4 is 23.2 Å². The fourth-order valence-electron chi connectivity index (χ4n) is 1.81. The van der Waals surface area contributed by atoms with Crippen LogP contribution in [0.25, 0.3) is 11.1 Å². The molecule has 0 bridgehead atoms. The van der Waals surface area contributed by atoms with Gasteiger partial charge in [0, 0.05) is 11.1 Å². The van der Waals surface area contributed by atoms with E-state index in [0.29, 0.717) is 34.1 Å². The average molecular weight is 284 g/mol. The number of rotatable bonds is 3. The number of benzene rings is 2. The minimum atomic E-state index is -0.320. The summed E-state index contributed by atoms with van der Waals surface area (Å²) in [7, 11) is 0. The molecule has 1 nitrogen and oxygen atoms in total. The van der Waals surface area contributed by atoms with Crippen LogP contribution >= 0.6 is 23.2 Å². The normalized spacial score (nSPS) is 10.7. The molecule has 0 atom stereocenters. The molecular weight excluding hydrogens is 272 g/mol. The summed E-state index contributed by atoms with van der Waals surface area (Å²) in [6.07, 6.45) is 0.700. The van der Waals surface area contributed by atoms with Gasteiger partial charge in [0.1, 0.15) is 5.82 Å². The second-order valence-corrected chi connectivity index (χ2v) is 4.74. The van der Waals surface area contributed by atoms with Crippen molar-refractivity contribution in [2.45, 2.75) is 6.42 Å². The predicted molar refractivity (Wildman–Crippen MR) is 74.6 cm³/mol. The fraction of sp³-hybridized carbons (Fsp3) is 0.143. The molecule has 18 heavy (non-hydrogen) atoms. The summed E-state index contributed by atoms with van der Waals surface area (Å²) >= 11 is 12.0. The Hall–Kier alpha value is -1.09. The zero-order valence-corrected chi connectivity index (χ0v) is 11.1. The Kier molecular flexibility index (Phi) is 4.23. The van der Waals surface area contributed by atoms with Crippen LogP contribution < -0.4 is 5.73 Å². The van der Waals surface area contributed by atoms with Crippen LogP contribution in [0.15, 0.2) is 36.4 Å². The van der Waals surface area contributed by atoms with Crippen molar-refractivity contribution in [3.8, 4) is 11.1 Å². The maximum Gasteiger partial charge on any atom is 0.131 e. The first kappa shape index (κ1) is 13.3. The highest BCUT2D eigenvalue weighted by Crippen LogP contribution is 2.35. The Morgan fingerprint density at radius 3 is 2.56 bits per heavy atom. The van der Waals surface area contributed by atoms with Crippen molar-refractivity contribution in [3.05, 3.63) is 57.8 Å². The summed E-state index contributed by atoms with van der Waals surface area (Å²) in [6.45, 7) is 0.522. The minimum Gasteiger partial charge on any atom is -0.330 e. The molecule has 2 aromatic carbocycles. The van der Waals surface area contributed by atoms with Gasteiger partial charge in [-0.15, -0.1) is 0 Å². The molecule has 94 valence electrons. The highest BCUT2D eigenvalue weighted by Gasteiger charge is 2.11.